The number of para-hydroxylation sites is 1. The second-order valence-electron chi connectivity index (χ2n) is 8.97. The molecule has 1 unspecified atom stereocenters. The van der Waals surface area contributed by atoms with Crippen LogP contribution >= 0.6 is 0 Å². The van der Waals surface area contributed by atoms with Gasteiger partial charge in [0, 0.05) is 22.9 Å². The number of ether oxygens (including phenoxy) is 1. The van der Waals surface area contributed by atoms with E-state index >= 15 is 0 Å². The van der Waals surface area contributed by atoms with E-state index in [2.05, 4.69) is 5.32 Å². The van der Waals surface area contributed by atoms with Crippen molar-refractivity contribution in [3.05, 3.63) is 82.1 Å². The number of Topliss-reactive ketones (excluding diaryl/α,β-unsaturated/α-hetero) is 2. The molecule has 2 aromatic carbocycles. The van der Waals surface area contributed by atoms with Gasteiger partial charge in [-0.15, -0.1) is 0 Å². The molecule has 1 saturated carbocycles. The summed E-state index contributed by atoms with van der Waals surface area (Å²) in [5.74, 6) is 0.420. The van der Waals surface area contributed by atoms with Crippen molar-refractivity contribution >= 4 is 23.0 Å². The average Bonchev–Trinajstić information content (AvgIpc) is 2.82. The van der Waals surface area contributed by atoms with Gasteiger partial charge in [-0.1, -0.05) is 55.7 Å². The Hall–Kier alpha value is -3.47. The topological polar surface area (TPSA) is 67.8 Å². The number of carbonyl (C=O) groups excluding carboxylic acids is 2. The monoisotopic (exact) mass is 424 g/mol. The highest BCUT2D eigenvalue weighted by Gasteiger charge is 2.43. The normalized spacial score (nSPS) is 22.1. The van der Waals surface area contributed by atoms with Crippen LogP contribution in [-0.4, -0.2) is 29.4 Å². The molecular weight excluding hydrogens is 400 g/mol. The summed E-state index contributed by atoms with van der Waals surface area (Å²) in [6.45, 7) is 1.97. The Balaban J connectivity index is 1.53. The third kappa shape index (κ3) is 2.88. The zero-order valence-corrected chi connectivity index (χ0v) is 18.0. The van der Waals surface area contributed by atoms with Crippen LogP contribution in [0.2, 0.25) is 0 Å². The smallest absolute Gasteiger partial charge is 0.196 e. The maximum absolute atomic E-state index is 13.7. The first-order valence-electron chi connectivity index (χ1n) is 11.4. The molecule has 0 aromatic heterocycles. The zero-order chi connectivity index (χ0) is 21.8. The van der Waals surface area contributed by atoms with Crippen molar-refractivity contribution in [1.29, 1.82) is 0 Å². The SMILES string of the molecule is Cc1cccc2c1N=C1C3=C(C(=O)c4ccccc4C3=O)C(NC3CCCCC3)=CC1O2. The lowest BCUT2D eigenvalue weighted by molar-refractivity contribution is 0.0978. The van der Waals surface area contributed by atoms with Gasteiger partial charge >= 0.3 is 0 Å². The van der Waals surface area contributed by atoms with Gasteiger partial charge in [0.1, 0.15) is 11.4 Å². The van der Waals surface area contributed by atoms with E-state index in [0.717, 1.165) is 24.1 Å². The molecule has 160 valence electrons. The lowest BCUT2D eigenvalue weighted by Crippen LogP contribution is -2.43. The van der Waals surface area contributed by atoms with E-state index in [0.29, 0.717) is 45.5 Å². The highest BCUT2D eigenvalue weighted by Crippen LogP contribution is 2.42. The van der Waals surface area contributed by atoms with E-state index in [4.69, 9.17) is 9.73 Å². The molecular formula is C27H24N2O3. The van der Waals surface area contributed by atoms with E-state index < -0.39 is 6.10 Å². The zero-order valence-electron chi connectivity index (χ0n) is 18.0. The number of carbonyl (C=O) groups is 2. The number of hydrogen-bond acceptors (Lipinski definition) is 5. The fourth-order valence-corrected chi connectivity index (χ4v) is 5.26. The van der Waals surface area contributed by atoms with Crippen LogP contribution in [0.4, 0.5) is 5.69 Å². The summed E-state index contributed by atoms with van der Waals surface area (Å²) in [7, 11) is 0. The summed E-state index contributed by atoms with van der Waals surface area (Å²) in [5, 5.41) is 3.60. The molecule has 3 aliphatic carbocycles. The number of rotatable bonds is 2. The molecule has 0 amide bonds. The average molecular weight is 425 g/mol. The van der Waals surface area contributed by atoms with Crippen LogP contribution in [0.5, 0.6) is 5.75 Å². The molecule has 2 aromatic rings. The second-order valence-corrected chi connectivity index (χ2v) is 8.97. The van der Waals surface area contributed by atoms with Crippen molar-refractivity contribution in [3.63, 3.8) is 0 Å². The van der Waals surface area contributed by atoms with Gasteiger partial charge in [-0.3, -0.25) is 9.59 Å². The van der Waals surface area contributed by atoms with Crippen LogP contribution in [-0.2, 0) is 0 Å². The van der Waals surface area contributed by atoms with Gasteiger partial charge in [0.05, 0.1) is 16.9 Å². The summed E-state index contributed by atoms with van der Waals surface area (Å²) in [6.07, 6.45) is 7.15. The molecule has 1 N–H and O–H groups in total. The maximum atomic E-state index is 13.7. The number of aryl methyl sites for hydroxylation is 1. The molecule has 6 rings (SSSR count). The van der Waals surface area contributed by atoms with Gasteiger partial charge in [-0.2, -0.15) is 0 Å². The Bertz CT molecular complexity index is 1260. The van der Waals surface area contributed by atoms with E-state index in [-0.39, 0.29) is 11.6 Å². The fourth-order valence-electron chi connectivity index (χ4n) is 5.26. The maximum Gasteiger partial charge on any atom is 0.196 e. The minimum atomic E-state index is -0.504. The molecule has 5 nitrogen and oxygen atoms in total. The van der Waals surface area contributed by atoms with Crippen LogP contribution in [0.1, 0.15) is 58.4 Å². The van der Waals surface area contributed by atoms with Crippen LogP contribution < -0.4 is 10.1 Å². The molecule has 0 bridgehead atoms. The summed E-state index contributed by atoms with van der Waals surface area (Å²) in [6, 6.07) is 13.2. The van der Waals surface area contributed by atoms with Crippen LogP contribution in [0.15, 0.2) is 70.4 Å². The lowest BCUT2D eigenvalue weighted by atomic mass is 9.76. The number of nitrogens with zero attached hydrogens (tertiary/aromatic N) is 1. The molecule has 0 radical (unpaired) electrons. The molecule has 0 spiro atoms. The summed E-state index contributed by atoms with van der Waals surface area (Å²) in [4.78, 5) is 32.2. The molecule has 5 heteroatoms. The largest absolute Gasteiger partial charge is 0.478 e. The number of benzene rings is 2. The van der Waals surface area contributed by atoms with Gasteiger partial charge in [0.25, 0.3) is 0 Å². The molecule has 1 fully saturated rings. The van der Waals surface area contributed by atoms with Gasteiger partial charge in [-0.05, 0) is 37.5 Å². The predicted octanol–water partition coefficient (Wildman–Crippen LogP) is 5.02. The number of ketones is 2. The minimum absolute atomic E-state index is 0.124. The first-order valence-corrected chi connectivity index (χ1v) is 11.4. The Morgan fingerprint density at radius 2 is 1.62 bits per heavy atom. The Morgan fingerprint density at radius 1 is 0.906 bits per heavy atom. The number of fused-ring (bicyclic) bond motifs is 4. The third-order valence-electron chi connectivity index (χ3n) is 6.89. The minimum Gasteiger partial charge on any atom is -0.478 e. The molecule has 32 heavy (non-hydrogen) atoms. The second kappa shape index (κ2) is 7.30. The molecule has 4 aliphatic rings. The van der Waals surface area contributed by atoms with E-state index in [1.54, 1.807) is 24.3 Å². The quantitative estimate of drug-likeness (QED) is 0.735. The van der Waals surface area contributed by atoms with Crippen LogP contribution in [0.3, 0.4) is 0 Å². The first-order chi connectivity index (χ1) is 15.6. The van der Waals surface area contributed by atoms with Gasteiger partial charge in [0.2, 0.25) is 0 Å². The highest BCUT2D eigenvalue weighted by atomic mass is 16.5. The predicted molar refractivity (Wildman–Crippen MR) is 123 cm³/mol. The van der Waals surface area contributed by atoms with Gasteiger partial charge < -0.3 is 10.1 Å². The third-order valence-corrected chi connectivity index (χ3v) is 6.89. The number of aliphatic imine (C=N–C) groups is 1. The van der Waals surface area contributed by atoms with E-state index in [1.165, 1.54) is 19.3 Å². The highest BCUT2D eigenvalue weighted by molar-refractivity contribution is 6.40. The summed E-state index contributed by atoms with van der Waals surface area (Å²) >= 11 is 0. The summed E-state index contributed by atoms with van der Waals surface area (Å²) in [5.41, 5.74) is 4.65. The van der Waals surface area contributed by atoms with E-state index in [9.17, 15) is 9.59 Å². The van der Waals surface area contributed by atoms with E-state index in [1.807, 2.05) is 31.2 Å². The Morgan fingerprint density at radius 3 is 2.38 bits per heavy atom. The van der Waals surface area contributed by atoms with Gasteiger partial charge in [0.15, 0.2) is 17.7 Å². The molecule has 0 saturated heterocycles. The van der Waals surface area contributed by atoms with Crippen molar-refractivity contribution in [1.82, 2.24) is 5.32 Å². The number of nitrogens with one attached hydrogen (secondary N) is 1. The first kappa shape index (κ1) is 19.2. The van der Waals surface area contributed by atoms with Crippen molar-refractivity contribution in [3.8, 4) is 5.75 Å². The summed E-state index contributed by atoms with van der Waals surface area (Å²) < 4.78 is 6.31. The van der Waals surface area contributed by atoms with Crippen LogP contribution in [0, 0.1) is 6.92 Å². The van der Waals surface area contributed by atoms with Crippen molar-refractivity contribution in [2.75, 3.05) is 0 Å². The van der Waals surface area contributed by atoms with Crippen molar-refractivity contribution in [2.45, 2.75) is 51.2 Å². The van der Waals surface area contributed by atoms with Crippen molar-refractivity contribution in [2.24, 2.45) is 4.99 Å². The molecule has 1 heterocycles. The standard InChI is InChI=1S/C27H24N2O3/c1-15-8-7-13-20-24(15)29-25-21(32-20)14-19(28-16-9-3-2-4-10-16)22-23(25)27(31)18-12-6-5-11-17(18)26(22)30/h5-8,11-14,16,21,28H,2-4,9-10H2,1H3. The van der Waals surface area contributed by atoms with Crippen molar-refractivity contribution < 1.29 is 14.3 Å². The van der Waals surface area contributed by atoms with Gasteiger partial charge in [-0.25, -0.2) is 4.99 Å². The number of allylic oxidation sites excluding steroid dienone is 1. The Kier molecular flexibility index (Phi) is 4.39. The number of hydrogen-bond donors (Lipinski definition) is 1. The molecule has 1 atom stereocenters. The lowest BCUT2D eigenvalue weighted by Gasteiger charge is -2.35. The Labute approximate surface area is 186 Å². The fraction of sp³-hybridized carbons (Fsp3) is 0.296. The molecule has 1 aliphatic heterocycles. The van der Waals surface area contributed by atoms with Crippen LogP contribution in [0.25, 0.3) is 0 Å².